The monoisotopic (exact) mass is 470 g/mol. The molecule has 0 bridgehead atoms. The van der Waals surface area contributed by atoms with Crippen LogP contribution in [0.15, 0.2) is 60.4 Å². The molecule has 170 valence electrons. The van der Waals surface area contributed by atoms with Crippen LogP contribution in [-0.2, 0) is 0 Å². The summed E-state index contributed by atoms with van der Waals surface area (Å²) in [4.78, 5) is 26.0. The van der Waals surface area contributed by atoms with E-state index >= 15 is 0 Å². The van der Waals surface area contributed by atoms with Crippen molar-refractivity contribution < 1.29 is 9.53 Å². The third-order valence-corrected chi connectivity index (χ3v) is 6.44. The van der Waals surface area contributed by atoms with E-state index in [0.717, 1.165) is 33.5 Å². The number of carbonyl (C=O) groups excluding carboxylic acids is 1. The van der Waals surface area contributed by atoms with Gasteiger partial charge in [0.1, 0.15) is 23.7 Å². The molecule has 1 amide bonds. The Bertz CT molecular complexity index is 1510. The minimum atomic E-state index is -0.252. The number of carbonyl (C=O) groups is 1. The average molecular weight is 471 g/mol. The fourth-order valence-corrected chi connectivity index (χ4v) is 4.68. The van der Waals surface area contributed by atoms with Gasteiger partial charge in [-0.25, -0.2) is 15.0 Å². The van der Waals surface area contributed by atoms with Gasteiger partial charge in [0, 0.05) is 28.0 Å². The van der Waals surface area contributed by atoms with E-state index in [2.05, 4.69) is 25.6 Å². The molecule has 0 aliphatic carbocycles. The lowest BCUT2D eigenvalue weighted by atomic mass is 10.0. The van der Waals surface area contributed by atoms with Gasteiger partial charge in [-0.3, -0.25) is 4.79 Å². The number of aryl methyl sites for hydroxylation is 1. The second-order valence-electron chi connectivity index (χ2n) is 7.63. The van der Waals surface area contributed by atoms with Crippen LogP contribution in [-0.4, -0.2) is 27.5 Å². The average Bonchev–Trinajstić information content (AvgIpc) is 3.28. The van der Waals surface area contributed by atoms with Crippen LogP contribution >= 0.6 is 11.3 Å². The third kappa shape index (κ3) is 3.97. The summed E-state index contributed by atoms with van der Waals surface area (Å²) in [5.74, 6) is 1.62. The number of pyridine rings is 1. The number of ether oxygens (including phenoxy) is 1. The molecule has 0 fully saturated rings. The molecule has 0 aliphatic heterocycles. The summed E-state index contributed by atoms with van der Waals surface area (Å²) in [5, 5.41) is 9.96. The van der Waals surface area contributed by atoms with E-state index in [-0.39, 0.29) is 5.91 Å². The molecule has 0 saturated heterocycles. The van der Waals surface area contributed by atoms with Gasteiger partial charge in [0.25, 0.3) is 5.91 Å². The highest BCUT2D eigenvalue weighted by Gasteiger charge is 2.18. The maximum absolute atomic E-state index is 13.2. The molecule has 3 heterocycles. The Morgan fingerprint density at radius 2 is 1.88 bits per heavy atom. The quantitative estimate of drug-likeness (QED) is 0.299. The smallest absolute Gasteiger partial charge is 0.258 e. The number of hydrogen-bond acceptors (Lipinski definition) is 8. The summed E-state index contributed by atoms with van der Waals surface area (Å²) >= 11 is 1.36. The molecule has 8 nitrogen and oxygen atoms in total. The Morgan fingerprint density at radius 1 is 1.06 bits per heavy atom. The molecule has 0 aliphatic rings. The van der Waals surface area contributed by atoms with Crippen LogP contribution in [0.1, 0.15) is 22.8 Å². The largest absolute Gasteiger partial charge is 0.494 e. The molecule has 5 rings (SSSR count). The van der Waals surface area contributed by atoms with Gasteiger partial charge in [0.05, 0.1) is 28.1 Å². The molecule has 0 radical (unpaired) electrons. The lowest BCUT2D eigenvalue weighted by molar-refractivity contribution is 0.102. The Morgan fingerprint density at radius 3 is 2.68 bits per heavy atom. The topological polar surface area (TPSA) is 115 Å². The number of thiophene rings is 1. The van der Waals surface area contributed by atoms with Crippen LogP contribution in [0.2, 0.25) is 0 Å². The summed E-state index contributed by atoms with van der Waals surface area (Å²) in [7, 11) is 0. The van der Waals surface area contributed by atoms with E-state index in [1.807, 2.05) is 56.3 Å². The maximum Gasteiger partial charge on any atom is 0.258 e. The molecule has 0 saturated carbocycles. The Labute approximate surface area is 199 Å². The zero-order valence-corrected chi connectivity index (χ0v) is 19.4. The zero-order chi connectivity index (χ0) is 23.7. The van der Waals surface area contributed by atoms with Crippen molar-refractivity contribution in [2.75, 3.05) is 23.0 Å². The molecule has 0 spiro atoms. The maximum atomic E-state index is 13.2. The van der Waals surface area contributed by atoms with Gasteiger partial charge in [-0.05, 0) is 49.7 Å². The second kappa shape index (κ2) is 8.95. The van der Waals surface area contributed by atoms with Crippen LogP contribution in [0.3, 0.4) is 0 Å². The van der Waals surface area contributed by atoms with E-state index in [0.29, 0.717) is 34.0 Å². The number of nitrogen functional groups attached to an aromatic ring is 1. The van der Waals surface area contributed by atoms with Crippen molar-refractivity contribution in [2.24, 2.45) is 0 Å². The highest BCUT2D eigenvalue weighted by Crippen LogP contribution is 2.34. The number of rotatable bonds is 6. The molecule has 5 aromatic rings. The normalized spacial score (nSPS) is 11.0. The van der Waals surface area contributed by atoms with E-state index in [4.69, 9.17) is 10.5 Å². The van der Waals surface area contributed by atoms with Gasteiger partial charge in [-0.15, -0.1) is 11.3 Å². The van der Waals surface area contributed by atoms with Crippen LogP contribution in [0, 0.1) is 6.92 Å². The summed E-state index contributed by atoms with van der Waals surface area (Å²) in [6, 6.07) is 13.6. The fraction of sp³-hybridized carbons (Fsp3) is 0.120. The molecule has 0 unspecified atom stereocenters. The molecule has 34 heavy (non-hydrogen) atoms. The second-order valence-corrected chi connectivity index (χ2v) is 8.51. The van der Waals surface area contributed by atoms with E-state index in [1.54, 1.807) is 11.6 Å². The van der Waals surface area contributed by atoms with Crippen molar-refractivity contribution in [3.05, 3.63) is 71.5 Å². The first-order valence-corrected chi connectivity index (χ1v) is 11.6. The Balaban J connectivity index is 1.49. The third-order valence-electron chi connectivity index (χ3n) is 5.45. The molecule has 2 aromatic carbocycles. The number of nitrogens with one attached hydrogen (secondary N) is 2. The Kier molecular flexibility index (Phi) is 5.69. The molecule has 9 heteroatoms. The highest BCUT2D eigenvalue weighted by atomic mass is 32.1. The number of benzene rings is 2. The van der Waals surface area contributed by atoms with Gasteiger partial charge in [-0.2, -0.15) is 0 Å². The summed E-state index contributed by atoms with van der Waals surface area (Å²) in [6.45, 7) is 4.53. The SMILES string of the molecule is CCOc1ccc(Nc2nccc3c(NC(=O)c4csc5c(N)ncnc45)c(C)ccc23)cc1. The van der Waals surface area contributed by atoms with E-state index in [9.17, 15) is 4.79 Å². The van der Waals surface area contributed by atoms with Crippen molar-refractivity contribution >= 4 is 61.2 Å². The van der Waals surface area contributed by atoms with Gasteiger partial charge in [0.15, 0.2) is 0 Å². The minimum absolute atomic E-state index is 0.252. The van der Waals surface area contributed by atoms with Crippen LogP contribution in [0.5, 0.6) is 5.75 Å². The highest BCUT2D eigenvalue weighted by molar-refractivity contribution is 7.18. The zero-order valence-electron chi connectivity index (χ0n) is 18.6. The van der Waals surface area contributed by atoms with E-state index < -0.39 is 0 Å². The number of hydrogen-bond donors (Lipinski definition) is 3. The first-order valence-electron chi connectivity index (χ1n) is 10.7. The molecular weight excluding hydrogens is 448 g/mol. The molecule has 0 atom stereocenters. The standard InChI is InChI=1S/C25H22N6O2S/c1-3-33-16-7-5-15(6-8-16)30-24-18-9-4-14(2)20(17(18)10-11-27-24)31-25(32)19-12-34-22-21(19)28-13-29-23(22)26/h4-13H,3H2,1-2H3,(H,27,30)(H,31,32)(H2,26,28,29). The number of amides is 1. The van der Waals surface area contributed by atoms with Crippen LogP contribution < -0.4 is 21.1 Å². The molecule has 3 aromatic heterocycles. The lowest BCUT2D eigenvalue weighted by Gasteiger charge is -2.15. The number of aromatic nitrogens is 3. The predicted octanol–water partition coefficient (Wildman–Crippen LogP) is 5.52. The molecular formula is C25H22N6O2S. The van der Waals surface area contributed by atoms with Crippen molar-refractivity contribution in [3.8, 4) is 5.75 Å². The van der Waals surface area contributed by atoms with Gasteiger partial charge in [0.2, 0.25) is 0 Å². The minimum Gasteiger partial charge on any atom is -0.494 e. The number of anilines is 4. The van der Waals surface area contributed by atoms with Crippen molar-refractivity contribution in [3.63, 3.8) is 0 Å². The number of nitrogens with zero attached hydrogens (tertiary/aromatic N) is 3. The Hall–Kier alpha value is -4.24. The van der Waals surface area contributed by atoms with Crippen LogP contribution in [0.4, 0.5) is 23.0 Å². The molecule has 4 N–H and O–H groups in total. The fourth-order valence-electron chi connectivity index (χ4n) is 3.78. The summed E-state index contributed by atoms with van der Waals surface area (Å²) in [6.07, 6.45) is 3.09. The summed E-state index contributed by atoms with van der Waals surface area (Å²) in [5.41, 5.74) is 9.49. The van der Waals surface area contributed by atoms with Gasteiger partial charge >= 0.3 is 0 Å². The first-order chi connectivity index (χ1) is 16.5. The first kappa shape index (κ1) is 21.6. The number of nitrogens with two attached hydrogens (primary N) is 1. The van der Waals surface area contributed by atoms with Crippen molar-refractivity contribution in [2.45, 2.75) is 13.8 Å². The van der Waals surface area contributed by atoms with E-state index in [1.165, 1.54) is 17.7 Å². The van der Waals surface area contributed by atoms with Gasteiger partial charge < -0.3 is 21.1 Å². The van der Waals surface area contributed by atoms with Crippen molar-refractivity contribution in [1.82, 2.24) is 15.0 Å². The predicted molar refractivity (Wildman–Crippen MR) is 137 cm³/mol. The van der Waals surface area contributed by atoms with Gasteiger partial charge in [-0.1, -0.05) is 12.1 Å². The van der Waals surface area contributed by atoms with Crippen molar-refractivity contribution in [1.29, 1.82) is 0 Å². The summed E-state index contributed by atoms with van der Waals surface area (Å²) < 4.78 is 6.22. The lowest BCUT2D eigenvalue weighted by Crippen LogP contribution is -2.13. The van der Waals surface area contributed by atoms with Crippen LogP contribution in [0.25, 0.3) is 21.0 Å². The number of fused-ring (bicyclic) bond motifs is 2.